The summed E-state index contributed by atoms with van der Waals surface area (Å²) in [5.41, 5.74) is 0.983. The van der Waals surface area contributed by atoms with Crippen molar-refractivity contribution in [2.45, 2.75) is 19.4 Å². The fourth-order valence-electron chi connectivity index (χ4n) is 2.33. The van der Waals surface area contributed by atoms with Gasteiger partial charge in [-0.2, -0.15) is 0 Å². The van der Waals surface area contributed by atoms with Crippen LogP contribution in [0, 0.1) is 6.92 Å². The Kier molecular flexibility index (Phi) is 3.27. The third-order valence-electron chi connectivity index (χ3n) is 3.29. The first-order valence-electron chi connectivity index (χ1n) is 6.53. The highest BCUT2D eigenvalue weighted by Gasteiger charge is 2.23. The number of aryl methyl sites for hydroxylation is 1. The van der Waals surface area contributed by atoms with E-state index in [0.29, 0.717) is 12.0 Å². The second kappa shape index (κ2) is 5.22. The Morgan fingerprint density at radius 3 is 2.95 bits per heavy atom. The van der Waals surface area contributed by atoms with E-state index < -0.39 is 0 Å². The van der Waals surface area contributed by atoms with Crippen LogP contribution in [-0.4, -0.2) is 34.1 Å². The average Bonchev–Trinajstić information content (AvgIpc) is 2.88. The Balaban J connectivity index is 1.63. The van der Waals surface area contributed by atoms with Gasteiger partial charge < -0.3 is 10.2 Å². The molecule has 5 nitrogen and oxygen atoms in total. The standard InChI is InChI=1S/C14H17N5/c1-11-5-8-16-14(17-11)18-12-6-9-19(10-12)13-4-2-3-7-15-13/h2-5,7-8,12H,6,9-10H2,1H3,(H,16,17,18). The highest BCUT2D eigenvalue weighted by Crippen LogP contribution is 2.19. The molecule has 1 saturated heterocycles. The van der Waals surface area contributed by atoms with E-state index in [2.05, 4.69) is 25.2 Å². The quantitative estimate of drug-likeness (QED) is 0.907. The SMILES string of the molecule is Cc1ccnc(NC2CCN(c3ccccn3)C2)n1. The zero-order chi connectivity index (χ0) is 13.1. The molecule has 5 heteroatoms. The van der Waals surface area contributed by atoms with Gasteiger partial charge in [-0.3, -0.25) is 0 Å². The number of pyridine rings is 1. The molecule has 3 rings (SSSR count). The molecule has 3 heterocycles. The smallest absolute Gasteiger partial charge is 0.223 e. The van der Waals surface area contributed by atoms with Crippen LogP contribution in [0.15, 0.2) is 36.7 Å². The van der Waals surface area contributed by atoms with Crippen LogP contribution in [0.2, 0.25) is 0 Å². The third kappa shape index (κ3) is 2.81. The predicted octanol–water partition coefficient (Wildman–Crippen LogP) is 1.87. The molecule has 2 aromatic heterocycles. The lowest BCUT2D eigenvalue weighted by atomic mass is 10.3. The molecular weight excluding hydrogens is 238 g/mol. The summed E-state index contributed by atoms with van der Waals surface area (Å²) in [5, 5.41) is 3.39. The number of anilines is 2. The van der Waals surface area contributed by atoms with Crippen molar-refractivity contribution < 1.29 is 0 Å². The number of aromatic nitrogens is 3. The minimum absolute atomic E-state index is 0.379. The second-order valence-corrected chi connectivity index (χ2v) is 4.79. The van der Waals surface area contributed by atoms with E-state index in [9.17, 15) is 0 Å². The zero-order valence-corrected chi connectivity index (χ0v) is 11.0. The highest BCUT2D eigenvalue weighted by atomic mass is 15.2. The second-order valence-electron chi connectivity index (χ2n) is 4.79. The van der Waals surface area contributed by atoms with Crippen molar-refractivity contribution in [1.82, 2.24) is 15.0 Å². The number of nitrogens with one attached hydrogen (secondary N) is 1. The van der Waals surface area contributed by atoms with E-state index >= 15 is 0 Å². The van der Waals surface area contributed by atoms with Crippen LogP contribution in [0.4, 0.5) is 11.8 Å². The number of nitrogens with zero attached hydrogens (tertiary/aromatic N) is 4. The lowest BCUT2D eigenvalue weighted by molar-refractivity contribution is 0.789. The van der Waals surface area contributed by atoms with Gasteiger partial charge in [-0.1, -0.05) is 6.07 Å². The third-order valence-corrected chi connectivity index (χ3v) is 3.29. The van der Waals surface area contributed by atoms with Gasteiger partial charge in [0.1, 0.15) is 5.82 Å². The van der Waals surface area contributed by atoms with Crippen molar-refractivity contribution in [3.8, 4) is 0 Å². The molecule has 0 aromatic carbocycles. The van der Waals surface area contributed by atoms with Crippen LogP contribution in [-0.2, 0) is 0 Å². The molecule has 1 unspecified atom stereocenters. The molecule has 1 fully saturated rings. The van der Waals surface area contributed by atoms with E-state index in [4.69, 9.17) is 0 Å². The maximum absolute atomic E-state index is 4.38. The van der Waals surface area contributed by atoms with Crippen molar-refractivity contribution in [2.24, 2.45) is 0 Å². The van der Waals surface area contributed by atoms with Crippen LogP contribution in [0.1, 0.15) is 12.1 Å². The van der Waals surface area contributed by atoms with Gasteiger partial charge in [0, 0.05) is 37.2 Å². The molecule has 1 atom stereocenters. The molecular formula is C14H17N5. The van der Waals surface area contributed by atoms with Crippen molar-refractivity contribution in [2.75, 3.05) is 23.3 Å². The minimum atomic E-state index is 0.379. The summed E-state index contributed by atoms with van der Waals surface area (Å²) in [6.07, 6.45) is 4.70. The molecule has 19 heavy (non-hydrogen) atoms. The first kappa shape index (κ1) is 11.9. The average molecular weight is 255 g/mol. The first-order valence-corrected chi connectivity index (χ1v) is 6.53. The Morgan fingerprint density at radius 1 is 1.21 bits per heavy atom. The maximum Gasteiger partial charge on any atom is 0.223 e. The van der Waals surface area contributed by atoms with E-state index in [-0.39, 0.29) is 0 Å². The molecule has 0 radical (unpaired) electrons. The van der Waals surface area contributed by atoms with Crippen LogP contribution >= 0.6 is 0 Å². The summed E-state index contributed by atoms with van der Waals surface area (Å²) in [6.45, 7) is 3.93. The summed E-state index contributed by atoms with van der Waals surface area (Å²) in [5.74, 6) is 1.75. The lowest BCUT2D eigenvalue weighted by Crippen LogP contribution is -2.27. The van der Waals surface area contributed by atoms with Gasteiger partial charge in [-0.25, -0.2) is 15.0 Å². The number of hydrogen-bond donors (Lipinski definition) is 1. The molecule has 2 aromatic rings. The Hall–Kier alpha value is -2.17. The van der Waals surface area contributed by atoms with E-state index in [0.717, 1.165) is 31.0 Å². The normalized spacial score (nSPS) is 18.6. The van der Waals surface area contributed by atoms with E-state index in [1.165, 1.54) is 0 Å². The first-order chi connectivity index (χ1) is 9.31. The van der Waals surface area contributed by atoms with Crippen molar-refractivity contribution in [3.05, 3.63) is 42.4 Å². The van der Waals surface area contributed by atoms with E-state index in [1.54, 1.807) is 6.20 Å². The minimum Gasteiger partial charge on any atom is -0.354 e. The molecule has 98 valence electrons. The molecule has 0 spiro atoms. The molecule has 1 aliphatic heterocycles. The van der Waals surface area contributed by atoms with Gasteiger partial charge in [0.05, 0.1) is 0 Å². The zero-order valence-electron chi connectivity index (χ0n) is 11.0. The summed E-state index contributed by atoms with van der Waals surface area (Å²) in [6, 6.07) is 8.29. The van der Waals surface area contributed by atoms with Gasteiger partial charge in [-0.15, -0.1) is 0 Å². The number of rotatable bonds is 3. The number of hydrogen-bond acceptors (Lipinski definition) is 5. The summed E-state index contributed by atoms with van der Waals surface area (Å²) < 4.78 is 0. The van der Waals surface area contributed by atoms with Crippen molar-refractivity contribution in [3.63, 3.8) is 0 Å². The van der Waals surface area contributed by atoms with Gasteiger partial charge in [0.15, 0.2) is 0 Å². The molecule has 0 aliphatic carbocycles. The predicted molar refractivity (Wildman–Crippen MR) is 75.2 cm³/mol. The maximum atomic E-state index is 4.38. The van der Waals surface area contributed by atoms with Crippen LogP contribution in [0.3, 0.4) is 0 Å². The van der Waals surface area contributed by atoms with Crippen LogP contribution in [0.25, 0.3) is 0 Å². The summed E-state index contributed by atoms with van der Waals surface area (Å²) in [7, 11) is 0. The fourth-order valence-corrected chi connectivity index (χ4v) is 2.33. The Bertz CT molecular complexity index is 543. The molecule has 1 aliphatic rings. The van der Waals surface area contributed by atoms with Gasteiger partial charge in [0.25, 0.3) is 0 Å². The van der Waals surface area contributed by atoms with E-state index in [1.807, 2.05) is 37.4 Å². The van der Waals surface area contributed by atoms with Crippen molar-refractivity contribution >= 4 is 11.8 Å². The molecule has 1 N–H and O–H groups in total. The summed E-state index contributed by atoms with van der Waals surface area (Å²) >= 11 is 0. The topological polar surface area (TPSA) is 53.9 Å². The molecule has 0 amide bonds. The van der Waals surface area contributed by atoms with Crippen LogP contribution < -0.4 is 10.2 Å². The molecule has 0 saturated carbocycles. The Labute approximate surface area is 112 Å². The molecule has 0 bridgehead atoms. The van der Waals surface area contributed by atoms with Crippen LogP contribution in [0.5, 0.6) is 0 Å². The summed E-state index contributed by atoms with van der Waals surface area (Å²) in [4.78, 5) is 15.3. The highest BCUT2D eigenvalue weighted by molar-refractivity contribution is 5.41. The lowest BCUT2D eigenvalue weighted by Gasteiger charge is -2.17. The van der Waals surface area contributed by atoms with Gasteiger partial charge in [-0.05, 0) is 31.5 Å². The monoisotopic (exact) mass is 255 g/mol. The van der Waals surface area contributed by atoms with Gasteiger partial charge in [0.2, 0.25) is 5.95 Å². The largest absolute Gasteiger partial charge is 0.354 e. The van der Waals surface area contributed by atoms with Gasteiger partial charge >= 0.3 is 0 Å². The fraction of sp³-hybridized carbons (Fsp3) is 0.357. The van der Waals surface area contributed by atoms with Crippen molar-refractivity contribution in [1.29, 1.82) is 0 Å². The Morgan fingerprint density at radius 2 is 2.16 bits per heavy atom.